The first kappa shape index (κ1) is 30.0. The lowest BCUT2D eigenvalue weighted by molar-refractivity contribution is -0.111. The van der Waals surface area contributed by atoms with Crippen molar-refractivity contribution in [2.75, 3.05) is 44.4 Å². The second kappa shape index (κ2) is 13.3. The third-order valence-corrected chi connectivity index (χ3v) is 7.77. The number of amides is 2. The van der Waals surface area contributed by atoms with Crippen molar-refractivity contribution in [2.24, 2.45) is 0 Å². The second-order valence-corrected chi connectivity index (χ2v) is 11.6. The normalized spacial score (nSPS) is 14.8. The molecule has 0 spiro atoms. The van der Waals surface area contributed by atoms with E-state index >= 15 is 0 Å². The molecule has 3 aromatic heterocycles. The first-order chi connectivity index (χ1) is 21.8. The summed E-state index contributed by atoms with van der Waals surface area (Å²) in [6.07, 6.45) is 7.72. The van der Waals surface area contributed by atoms with Crippen LogP contribution >= 0.6 is 11.6 Å². The summed E-state index contributed by atoms with van der Waals surface area (Å²) < 4.78 is 1.85. The third-order valence-electron chi connectivity index (χ3n) is 7.52. The Balaban J connectivity index is 1.13. The molecule has 0 saturated carbocycles. The lowest BCUT2D eigenvalue weighted by Crippen LogP contribution is -2.31. The molecule has 1 saturated heterocycles. The van der Waals surface area contributed by atoms with E-state index in [1.54, 1.807) is 36.5 Å². The molecule has 45 heavy (non-hydrogen) atoms. The van der Waals surface area contributed by atoms with Gasteiger partial charge in [0.2, 0.25) is 11.9 Å². The summed E-state index contributed by atoms with van der Waals surface area (Å²) in [6.45, 7) is 1.81. The summed E-state index contributed by atoms with van der Waals surface area (Å²) in [5, 5.41) is 11.8. The highest BCUT2D eigenvalue weighted by Crippen LogP contribution is 2.35. The first-order valence-electron chi connectivity index (χ1n) is 14.7. The van der Waals surface area contributed by atoms with E-state index in [0.29, 0.717) is 41.9 Å². The van der Waals surface area contributed by atoms with Crippen molar-refractivity contribution in [2.45, 2.75) is 12.5 Å². The number of nitrogens with zero attached hydrogens (tertiary/aromatic N) is 6. The smallest absolute Gasteiger partial charge is 0.253 e. The molecule has 228 valence electrons. The Labute approximate surface area is 266 Å². The first-order valence-corrected chi connectivity index (χ1v) is 15.1. The second-order valence-electron chi connectivity index (χ2n) is 11.1. The van der Waals surface area contributed by atoms with Crippen molar-refractivity contribution in [1.29, 1.82) is 0 Å². The van der Waals surface area contributed by atoms with Gasteiger partial charge >= 0.3 is 0 Å². The molecule has 0 radical (unpaired) electrons. The predicted molar refractivity (Wildman–Crippen MR) is 177 cm³/mol. The molecule has 0 bridgehead atoms. The number of likely N-dealkylation sites (N-methyl/N-ethyl adjacent to an activating group) is 1. The van der Waals surface area contributed by atoms with Crippen LogP contribution in [-0.2, 0) is 4.79 Å². The Morgan fingerprint density at radius 1 is 1.04 bits per heavy atom. The lowest BCUT2D eigenvalue weighted by Gasteiger charge is -2.17. The highest BCUT2D eigenvalue weighted by molar-refractivity contribution is 6.30. The number of nitrogens with one attached hydrogen (secondary N) is 2. The minimum atomic E-state index is -0.210. The van der Waals surface area contributed by atoms with E-state index in [1.807, 2.05) is 83.1 Å². The van der Waals surface area contributed by atoms with Gasteiger partial charge in [-0.05, 0) is 75.1 Å². The summed E-state index contributed by atoms with van der Waals surface area (Å²) in [7, 11) is 3.87. The summed E-state index contributed by atoms with van der Waals surface area (Å²) in [6, 6.07) is 22.4. The number of anilines is 2. The summed E-state index contributed by atoms with van der Waals surface area (Å²) in [5.41, 5.74) is 5.50. The van der Waals surface area contributed by atoms with E-state index in [0.717, 1.165) is 34.5 Å². The monoisotopic (exact) mass is 620 g/mol. The molecule has 1 fully saturated rings. The van der Waals surface area contributed by atoms with Gasteiger partial charge in [-0.25, -0.2) is 14.5 Å². The average molecular weight is 621 g/mol. The van der Waals surface area contributed by atoms with E-state index < -0.39 is 0 Å². The lowest BCUT2D eigenvalue weighted by atomic mass is 10.0. The summed E-state index contributed by atoms with van der Waals surface area (Å²) in [4.78, 5) is 38.5. The van der Waals surface area contributed by atoms with Crippen LogP contribution in [0.5, 0.6) is 0 Å². The van der Waals surface area contributed by atoms with Gasteiger partial charge in [0.15, 0.2) is 0 Å². The van der Waals surface area contributed by atoms with Gasteiger partial charge < -0.3 is 20.4 Å². The SMILES string of the molecule is CN(C)C/C=C/C(=O)Nc1ccc(C(=O)N2CC[C@H](Nc3nccc(-c4c(-c5ccc(Cl)cc5)nn5ccccc45)n3)C2)cc1. The molecule has 6 rings (SSSR count). The van der Waals surface area contributed by atoms with Gasteiger partial charge in [0.05, 0.1) is 16.8 Å². The average Bonchev–Trinajstić information content (AvgIpc) is 3.66. The molecule has 2 aromatic carbocycles. The largest absolute Gasteiger partial charge is 0.350 e. The maximum absolute atomic E-state index is 13.3. The molecule has 2 amide bonds. The van der Waals surface area contributed by atoms with Gasteiger partial charge in [-0.2, -0.15) is 5.10 Å². The number of carbonyl (C=O) groups is 2. The topological polar surface area (TPSA) is 108 Å². The number of carbonyl (C=O) groups excluding carboxylic acids is 2. The molecule has 11 heteroatoms. The van der Waals surface area contributed by atoms with Crippen LogP contribution in [0.25, 0.3) is 28.0 Å². The van der Waals surface area contributed by atoms with Crippen LogP contribution in [0.15, 0.2) is 97.3 Å². The minimum Gasteiger partial charge on any atom is -0.350 e. The van der Waals surface area contributed by atoms with Crippen molar-refractivity contribution >= 4 is 40.6 Å². The Bertz CT molecular complexity index is 1850. The van der Waals surface area contributed by atoms with Crippen LogP contribution in [-0.4, -0.2) is 81.0 Å². The van der Waals surface area contributed by atoms with Crippen molar-refractivity contribution in [3.05, 3.63) is 108 Å². The summed E-state index contributed by atoms with van der Waals surface area (Å²) in [5.74, 6) is 0.221. The van der Waals surface area contributed by atoms with Crippen molar-refractivity contribution in [3.63, 3.8) is 0 Å². The number of fused-ring (bicyclic) bond motifs is 1. The van der Waals surface area contributed by atoms with Crippen LogP contribution in [0.2, 0.25) is 5.02 Å². The number of hydrogen-bond donors (Lipinski definition) is 2. The van der Waals surface area contributed by atoms with Gasteiger partial charge in [-0.15, -0.1) is 0 Å². The molecule has 1 aliphatic heterocycles. The van der Waals surface area contributed by atoms with Gasteiger partial charge in [0.25, 0.3) is 5.91 Å². The van der Waals surface area contributed by atoms with Crippen molar-refractivity contribution < 1.29 is 9.59 Å². The van der Waals surface area contributed by atoms with Crippen LogP contribution in [0.4, 0.5) is 11.6 Å². The molecule has 0 aliphatic carbocycles. The van der Waals surface area contributed by atoms with Crippen LogP contribution in [0.3, 0.4) is 0 Å². The highest BCUT2D eigenvalue weighted by Gasteiger charge is 2.28. The molecule has 1 aliphatic rings. The number of rotatable bonds is 9. The van der Waals surface area contributed by atoms with Crippen LogP contribution in [0, 0.1) is 0 Å². The summed E-state index contributed by atoms with van der Waals surface area (Å²) >= 11 is 6.15. The Morgan fingerprint density at radius 3 is 2.62 bits per heavy atom. The number of benzene rings is 2. The number of hydrogen-bond acceptors (Lipinski definition) is 7. The Morgan fingerprint density at radius 2 is 1.84 bits per heavy atom. The van der Waals surface area contributed by atoms with Gasteiger partial charge in [-0.3, -0.25) is 9.59 Å². The number of halogens is 1. The van der Waals surface area contributed by atoms with Crippen LogP contribution in [0.1, 0.15) is 16.8 Å². The molecule has 5 aromatic rings. The fourth-order valence-corrected chi connectivity index (χ4v) is 5.43. The number of aromatic nitrogens is 4. The zero-order valence-electron chi connectivity index (χ0n) is 25.0. The molecular weight excluding hydrogens is 588 g/mol. The van der Waals surface area contributed by atoms with E-state index in [4.69, 9.17) is 21.7 Å². The van der Waals surface area contributed by atoms with Crippen molar-refractivity contribution in [1.82, 2.24) is 29.4 Å². The fraction of sp³-hybridized carbons (Fsp3) is 0.206. The fourth-order valence-electron chi connectivity index (χ4n) is 5.31. The van der Waals surface area contributed by atoms with E-state index in [9.17, 15) is 9.59 Å². The predicted octanol–water partition coefficient (Wildman–Crippen LogP) is 5.49. The molecule has 10 nitrogen and oxygen atoms in total. The maximum Gasteiger partial charge on any atom is 0.253 e. The molecular formula is C34H33ClN8O2. The van der Waals surface area contributed by atoms with Crippen molar-refractivity contribution in [3.8, 4) is 22.5 Å². The number of pyridine rings is 1. The van der Waals surface area contributed by atoms with Gasteiger partial charge in [0.1, 0.15) is 5.69 Å². The standard InChI is InChI=1S/C34H33ClN8O2/c1-41(2)19-5-7-30(44)37-26-14-10-24(11-15-26)33(45)42-21-17-27(22-42)38-34-36-18-16-28(39-34)31-29-6-3-4-20-43(29)40-32(31)23-8-12-25(35)13-9-23/h3-16,18,20,27H,17,19,21-22H2,1-2H3,(H,37,44)(H,36,38,39)/b7-5+/t27-/m0/s1. The molecule has 4 heterocycles. The molecule has 1 atom stereocenters. The third kappa shape index (κ3) is 7.03. The number of likely N-dealkylation sites (tertiary alicyclic amines) is 1. The Hall–Kier alpha value is -5.06. The zero-order chi connectivity index (χ0) is 31.3. The van der Waals surface area contributed by atoms with Gasteiger partial charge in [-0.1, -0.05) is 35.9 Å². The zero-order valence-corrected chi connectivity index (χ0v) is 25.8. The minimum absolute atomic E-state index is 0.00337. The van der Waals surface area contributed by atoms with E-state index in [1.165, 1.54) is 6.08 Å². The Kier molecular flexibility index (Phi) is 8.86. The van der Waals surface area contributed by atoms with E-state index in [-0.39, 0.29) is 17.9 Å². The van der Waals surface area contributed by atoms with Gasteiger partial charge in [0, 0.05) is 66.0 Å². The molecule has 0 unspecified atom stereocenters. The van der Waals surface area contributed by atoms with E-state index in [2.05, 4.69) is 15.6 Å². The molecule has 2 N–H and O–H groups in total. The maximum atomic E-state index is 13.3. The highest BCUT2D eigenvalue weighted by atomic mass is 35.5. The quantitative estimate of drug-likeness (QED) is 0.210. The van der Waals surface area contributed by atoms with Crippen LogP contribution < -0.4 is 10.6 Å².